The number of methoxy groups -OCH3 is 1. The van der Waals surface area contributed by atoms with Crippen LogP contribution in [0.5, 0.6) is 0 Å². The molecule has 160 valence electrons. The van der Waals surface area contributed by atoms with Crippen molar-refractivity contribution in [2.24, 2.45) is 0 Å². The summed E-state index contributed by atoms with van der Waals surface area (Å²) in [4.78, 5) is 25.1. The summed E-state index contributed by atoms with van der Waals surface area (Å²) in [6, 6.07) is 13.4. The fraction of sp³-hybridized carbons (Fsp3) is 0.333. The van der Waals surface area contributed by atoms with E-state index in [-0.39, 0.29) is 11.8 Å². The van der Waals surface area contributed by atoms with Gasteiger partial charge >= 0.3 is 12.0 Å². The minimum Gasteiger partial charge on any atom is -0.490 e. The smallest absolute Gasteiger partial charge is 0.371 e. The van der Waals surface area contributed by atoms with Gasteiger partial charge in [0.25, 0.3) is 0 Å². The number of carbonyl (C=O) groups is 2. The van der Waals surface area contributed by atoms with Crippen molar-refractivity contribution in [2.75, 3.05) is 25.6 Å². The van der Waals surface area contributed by atoms with Crippen molar-refractivity contribution >= 4 is 23.8 Å². The highest BCUT2D eigenvalue weighted by Gasteiger charge is 2.12. The zero-order valence-corrected chi connectivity index (χ0v) is 18.1. The van der Waals surface area contributed by atoms with Gasteiger partial charge in [-0.1, -0.05) is 50.1 Å². The number of carbonyl (C=O) groups excluding carboxylic acids is 1. The number of urea groups is 1. The van der Waals surface area contributed by atoms with Crippen LogP contribution in [0.25, 0.3) is 17.2 Å². The number of unbranched alkanes of at least 4 members (excludes halogenated alkanes) is 2. The maximum atomic E-state index is 12.4. The van der Waals surface area contributed by atoms with Crippen LogP contribution in [0, 0.1) is 6.92 Å². The highest BCUT2D eigenvalue weighted by molar-refractivity contribution is 5.92. The van der Waals surface area contributed by atoms with Crippen LogP contribution in [-0.4, -0.2) is 37.8 Å². The molecule has 0 heterocycles. The Morgan fingerprint density at radius 1 is 1.17 bits per heavy atom. The molecule has 0 aromatic heterocycles. The van der Waals surface area contributed by atoms with E-state index in [0.29, 0.717) is 6.54 Å². The van der Waals surface area contributed by atoms with Gasteiger partial charge in [0.05, 0.1) is 7.11 Å². The number of rotatable bonds is 9. The van der Waals surface area contributed by atoms with E-state index >= 15 is 0 Å². The molecule has 6 heteroatoms. The van der Waals surface area contributed by atoms with E-state index in [2.05, 4.69) is 12.2 Å². The molecule has 6 nitrogen and oxygen atoms in total. The lowest BCUT2D eigenvalue weighted by atomic mass is 9.97. The summed E-state index contributed by atoms with van der Waals surface area (Å²) < 4.78 is 4.89. The number of carboxylic acid groups (broad SMARTS) is 1. The number of nitrogens with one attached hydrogen (secondary N) is 1. The molecule has 0 saturated heterocycles. The number of anilines is 1. The van der Waals surface area contributed by atoms with Crippen LogP contribution >= 0.6 is 0 Å². The van der Waals surface area contributed by atoms with Crippen LogP contribution in [0.15, 0.2) is 48.2 Å². The molecule has 0 fully saturated rings. The van der Waals surface area contributed by atoms with Gasteiger partial charge in [-0.25, -0.2) is 9.59 Å². The molecule has 2 N–H and O–H groups in total. The number of aliphatic carboxylic acids is 1. The third-order valence-electron chi connectivity index (χ3n) is 4.88. The third-order valence-corrected chi connectivity index (χ3v) is 4.88. The van der Waals surface area contributed by atoms with Crippen LogP contribution in [-0.2, 0) is 9.53 Å². The zero-order valence-electron chi connectivity index (χ0n) is 18.1. The number of nitrogens with zero attached hydrogens (tertiary/aromatic N) is 1. The van der Waals surface area contributed by atoms with Crippen LogP contribution < -0.4 is 10.2 Å². The first-order chi connectivity index (χ1) is 14.4. The predicted octanol–water partition coefficient (Wildman–Crippen LogP) is 5.07. The van der Waals surface area contributed by atoms with Gasteiger partial charge in [0, 0.05) is 19.3 Å². The lowest BCUT2D eigenvalue weighted by Crippen LogP contribution is -2.37. The average molecular weight is 411 g/mol. The molecule has 2 aromatic carbocycles. The minimum absolute atomic E-state index is 0.115. The van der Waals surface area contributed by atoms with E-state index in [1.165, 1.54) is 13.2 Å². The maximum Gasteiger partial charge on any atom is 0.371 e. The second kappa shape index (κ2) is 11.0. The summed E-state index contributed by atoms with van der Waals surface area (Å²) >= 11 is 0. The van der Waals surface area contributed by atoms with Gasteiger partial charge in [-0.05, 0) is 53.8 Å². The summed E-state index contributed by atoms with van der Waals surface area (Å²) in [5.74, 6) is -1.22. The first-order valence-electron chi connectivity index (χ1n) is 10.1. The van der Waals surface area contributed by atoms with Crippen molar-refractivity contribution in [1.82, 2.24) is 5.32 Å². The van der Waals surface area contributed by atoms with E-state index in [1.54, 1.807) is 11.9 Å². The normalized spacial score (nSPS) is 11.1. The Morgan fingerprint density at radius 3 is 2.57 bits per heavy atom. The van der Waals surface area contributed by atoms with Gasteiger partial charge in [0.2, 0.25) is 5.76 Å². The molecule has 0 spiro atoms. The monoisotopic (exact) mass is 410 g/mol. The summed E-state index contributed by atoms with van der Waals surface area (Å²) in [5.41, 5.74) is 4.54. The minimum atomic E-state index is -1.11. The molecular formula is C24H30N2O4. The van der Waals surface area contributed by atoms with Gasteiger partial charge in [-0.3, -0.25) is 4.90 Å². The predicted molar refractivity (Wildman–Crippen MR) is 121 cm³/mol. The maximum absolute atomic E-state index is 12.4. The van der Waals surface area contributed by atoms with Crippen molar-refractivity contribution in [2.45, 2.75) is 33.1 Å². The first kappa shape index (κ1) is 23.0. The largest absolute Gasteiger partial charge is 0.490 e. The molecule has 0 aliphatic heterocycles. The molecule has 2 aromatic rings. The van der Waals surface area contributed by atoms with E-state index in [1.807, 2.05) is 49.4 Å². The fourth-order valence-electron chi connectivity index (χ4n) is 3.15. The molecule has 2 amide bonds. The van der Waals surface area contributed by atoms with Gasteiger partial charge in [0.15, 0.2) is 0 Å². The van der Waals surface area contributed by atoms with E-state index in [0.717, 1.165) is 47.2 Å². The summed E-state index contributed by atoms with van der Waals surface area (Å²) in [7, 11) is 3.09. The van der Waals surface area contributed by atoms with Crippen LogP contribution in [0.4, 0.5) is 10.5 Å². The van der Waals surface area contributed by atoms with Crippen molar-refractivity contribution in [3.05, 3.63) is 59.4 Å². The number of ether oxygens (including phenoxy) is 1. The highest BCUT2D eigenvalue weighted by Crippen LogP contribution is 2.28. The van der Waals surface area contributed by atoms with E-state index in [4.69, 9.17) is 9.84 Å². The van der Waals surface area contributed by atoms with Gasteiger partial charge in [0.1, 0.15) is 0 Å². The zero-order chi connectivity index (χ0) is 22.1. The molecule has 0 radical (unpaired) electrons. The molecule has 0 atom stereocenters. The lowest BCUT2D eigenvalue weighted by molar-refractivity contribution is -0.135. The Balaban J connectivity index is 2.21. The van der Waals surface area contributed by atoms with Crippen molar-refractivity contribution in [3.63, 3.8) is 0 Å². The Bertz CT molecular complexity index is 921. The van der Waals surface area contributed by atoms with Crippen molar-refractivity contribution < 1.29 is 19.4 Å². The molecule has 0 aliphatic rings. The molecule has 0 aliphatic carbocycles. The summed E-state index contributed by atoms with van der Waals surface area (Å²) in [5, 5.41) is 12.1. The number of hydrogen-bond acceptors (Lipinski definition) is 3. The average Bonchev–Trinajstić information content (AvgIpc) is 2.74. The second-order valence-electron chi connectivity index (χ2n) is 7.14. The number of hydrogen-bond donors (Lipinski definition) is 2. The summed E-state index contributed by atoms with van der Waals surface area (Å²) in [6.45, 7) is 4.77. The SMILES string of the molecule is CCCCCNC(=O)N(C)c1cccc(-c2ccc(C=C(OC)C(=O)O)cc2C)c1. The van der Waals surface area contributed by atoms with Crippen molar-refractivity contribution in [1.29, 1.82) is 0 Å². The molecule has 0 saturated carbocycles. The number of carboxylic acids is 1. The van der Waals surface area contributed by atoms with Crippen LogP contribution in [0.3, 0.4) is 0 Å². The lowest BCUT2D eigenvalue weighted by Gasteiger charge is -2.19. The van der Waals surface area contributed by atoms with Crippen LogP contribution in [0.1, 0.15) is 37.3 Å². The Hall–Kier alpha value is -3.28. The van der Waals surface area contributed by atoms with Gasteiger partial charge in [-0.2, -0.15) is 0 Å². The second-order valence-corrected chi connectivity index (χ2v) is 7.14. The van der Waals surface area contributed by atoms with E-state index < -0.39 is 5.97 Å². The highest BCUT2D eigenvalue weighted by atomic mass is 16.5. The van der Waals surface area contributed by atoms with Gasteiger partial charge in [-0.15, -0.1) is 0 Å². The molecule has 2 rings (SSSR count). The van der Waals surface area contributed by atoms with Gasteiger partial charge < -0.3 is 15.2 Å². The summed E-state index contributed by atoms with van der Waals surface area (Å²) in [6.07, 6.45) is 4.68. The molecule has 30 heavy (non-hydrogen) atoms. The first-order valence-corrected chi connectivity index (χ1v) is 10.1. The molecule has 0 bridgehead atoms. The topological polar surface area (TPSA) is 78.9 Å². The number of aryl methyl sites for hydroxylation is 1. The molecular weight excluding hydrogens is 380 g/mol. The van der Waals surface area contributed by atoms with E-state index in [9.17, 15) is 9.59 Å². The fourth-order valence-corrected chi connectivity index (χ4v) is 3.15. The number of benzene rings is 2. The quantitative estimate of drug-likeness (QED) is 0.344. The Kier molecular flexibility index (Phi) is 8.47. The standard InChI is InChI=1S/C24H30N2O4/c1-5-6-7-13-25-24(29)26(3)20-10-8-9-19(16-20)21-12-11-18(14-17(21)2)15-22(30-4)23(27)28/h8-12,14-16H,5-7,13H2,1-4H3,(H,25,29)(H,27,28). The third kappa shape index (κ3) is 6.11. The van der Waals surface area contributed by atoms with Crippen molar-refractivity contribution in [3.8, 4) is 11.1 Å². The molecule has 0 unspecified atom stereocenters. The Labute approximate surface area is 178 Å². The Morgan fingerprint density at radius 2 is 1.93 bits per heavy atom. The number of amides is 2. The van der Waals surface area contributed by atoms with Crippen LogP contribution in [0.2, 0.25) is 0 Å².